The second-order valence-corrected chi connectivity index (χ2v) is 2.75. The van der Waals surface area contributed by atoms with Gasteiger partial charge in [-0.15, -0.1) is 0 Å². The largest absolute Gasteiger partial charge is 0.431 e. The predicted molar refractivity (Wildman–Crippen MR) is 44.4 cm³/mol. The molecule has 74 valence electrons. The van der Waals surface area contributed by atoms with E-state index in [4.69, 9.17) is 21.3 Å². The van der Waals surface area contributed by atoms with Gasteiger partial charge in [0.05, 0.1) is 0 Å². The average molecular weight is 218 g/mol. The third kappa shape index (κ3) is 1.78. The number of nitrogens with zero attached hydrogens (tertiary/aromatic N) is 1. The maximum absolute atomic E-state index is 7.81. The molecule has 0 aliphatic heterocycles. The van der Waals surface area contributed by atoms with E-state index in [1.807, 2.05) is 0 Å². The van der Waals surface area contributed by atoms with Crippen molar-refractivity contribution in [3.8, 4) is 6.08 Å². The summed E-state index contributed by atoms with van der Waals surface area (Å²) < 4.78 is 5.02. The summed E-state index contributed by atoms with van der Waals surface area (Å²) in [6.45, 7) is 0. The average Bonchev–Trinajstić information content (AvgIpc) is 2.56. The van der Waals surface area contributed by atoms with E-state index in [1.54, 1.807) is 18.2 Å². The van der Waals surface area contributed by atoms with E-state index in [1.165, 1.54) is 0 Å². The highest BCUT2D eigenvalue weighted by atomic mass is 35.5. The molecule has 2 aromatic rings. The highest BCUT2D eigenvalue weighted by molar-refractivity contribution is 6.31. The van der Waals surface area contributed by atoms with Crippen LogP contribution >= 0.6 is 11.6 Å². The SMILES string of the molecule is OOOOc1nc2ccc(Cl)cc2o1. The molecule has 14 heavy (non-hydrogen) atoms. The highest BCUT2D eigenvalue weighted by Gasteiger charge is 2.08. The zero-order valence-corrected chi connectivity index (χ0v) is 7.39. The van der Waals surface area contributed by atoms with Gasteiger partial charge in [-0.3, -0.25) is 0 Å². The Morgan fingerprint density at radius 3 is 3.07 bits per heavy atom. The third-order valence-electron chi connectivity index (χ3n) is 1.47. The van der Waals surface area contributed by atoms with Crippen LogP contribution in [0.15, 0.2) is 22.6 Å². The summed E-state index contributed by atoms with van der Waals surface area (Å²) in [5.41, 5.74) is 0.986. The molecule has 0 saturated carbocycles. The van der Waals surface area contributed by atoms with Gasteiger partial charge in [0.15, 0.2) is 5.58 Å². The smallest absolute Gasteiger partial charge is 0.407 e. The van der Waals surface area contributed by atoms with Crippen LogP contribution in [0.1, 0.15) is 0 Å². The normalized spacial score (nSPS) is 10.7. The van der Waals surface area contributed by atoms with Crippen molar-refractivity contribution in [2.45, 2.75) is 0 Å². The molecule has 0 aliphatic rings. The van der Waals surface area contributed by atoms with E-state index in [-0.39, 0.29) is 6.08 Å². The second kappa shape index (κ2) is 3.81. The van der Waals surface area contributed by atoms with Crippen LogP contribution in [0.5, 0.6) is 6.08 Å². The Bertz CT molecular complexity index is 443. The first-order valence-electron chi connectivity index (χ1n) is 3.50. The van der Waals surface area contributed by atoms with Crippen molar-refractivity contribution in [2.24, 2.45) is 0 Å². The number of fused-ring (bicyclic) bond motifs is 1. The summed E-state index contributed by atoms with van der Waals surface area (Å²) in [6.07, 6.45) is -0.198. The van der Waals surface area contributed by atoms with Gasteiger partial charge < -0.3 is 4.42 Å². The molecular formula is C7H4ClNO5. The van der Waals surface area contributed by atoms with Gasteiger partial charge in [-0.1, -0.05) is 11.6 Å². The van der Waals surface area contributed by atoms with Crippen molar-refractivity contribution < 1.29 is 24.6 Å². The first-order valence-corrected chi connectivity index (χ1v) is 3.88. The number of hydrogen-bond donors (Lipinski definition) is 1. The monoisotopic (exact) mass is 217 g/mol. The lowest BCUT2D eigenvalue weighted by molar-refractivity contribution is -0.597. The fourth-order valence-electron chi connectivity index (χ4n) is 0.957. The fourth-order valence-corrected chi connectivity index (χ4v) is 1.12. The first-order chi connectivity index (χ1) is 6.79. The number of rotatable bonds is 3. The van der Waals surface area contributed by atoms with E-state index in [9.17, 15) is 0 Å². The molecule has 1 heterocycles. The molecule has 0 unspecified atom stereocenters. The standard InChI is InChI=1S/C7H4ClNO5/c8-4-1-2-5-6(3-4)11-7(9-5)12-14-13-10/h1-3,10H. The molecule has 0 aliphatic carbocycles. The van der Waals surface area contributed by atoms with E-state index in [0.29, 0.717) is 16.1 Å². The second-order valence-electron chi connectivity index (χ2n) is 2.32. The Labute approximate surface area is 82.4 Å². The minimum atomic E-state index is -0.198. The van der Waals surface area contributed by atoms with Crippen LogP contribution in [0.25, 0.3) is 11.1 Å². The predicted octanol–water partition coefficient (Wildman–Crippen LogP) is 2.20. The number of aromatic nitrogens is 1. The van der Waals surface area contributed by atoms with Crippen molar-refractivity contribution in [3.63, 3.8) is 0 Å². The Morgan fingerprint density at radius 1 is 1.43 bits per heavy atom. The van der Waals surface area contributed by atoms with Crippen molar-refractivity contribution >= 4 is 22.7 Å². The quantitative estimate of drug-likeness (QED) is 0.628. The Kier molecular flexibility index (Phi) is 2.51. The van der Waals surface area contributed by atoms with Crippen molar-refractivity contribution in [3.05, 3.63) is 23.2 Å². The minimum absolute atomic E-state index is 0.198. The summed E-state index contributed by atoms with van der Waals surface area (Å²) in [7, 11) is 0. The topological polar surface area (TPSA) is 74.0 Å². The van der Waals surface area contributed by atoms with Gasteiger partial charge in [0, 0.05) is 16.1 Å². The lowest BCUT2D eigenvalue weighted by Crippen LogP contribution is -1.94. The van der Waals surface area contributed by atoms with Crippen LogP contribution in [-0.2, 0) is 10.1 Å². The van der Waals surface area contributed by atoms with Gasteiger partial charge >= 0.3 is 6.08 Å². The van der Waals surface area contributed by atoms with Crippen LogP contribution in [-0.4, -0.2) is 10.2 Å². The summed E-state index contributed by atoms with van der Waals surface area (Å²) in [4.78, 5) is 8.11. The van der Waals surface area contributed by atoms with E-state index in [0.717, 1.165) is 0 Å². The molecule has 1 aromatic heterocycles. The highest BCUT2D eigenvalue weighted by Crippen LogP contribution is 2.23. The number of hydrogen-bond acceptors (Lipinski definition) is 6. The van der Waals surface area contributed by atoms with Gasteiger partial charge in [-0.05, 0) is 17.2 Å². The molecule has 1 N–H and O–H groups in total. The van der Waals surface area contributed by atoms with Crippen LogP contribution in [0.3, 0.4) is 0 Å². The van der Waals surface area contributed by atoms with E-state index < -0.39 is 0 Å². The molecular weight excluding hydrogens is 214 g/mol. The van der Waals surface area contributed by atoms with Crippen LogP contribution in [0.4, 0.5) is 0 Å². The van der Waals surface area contributed by atoms with Crippen LogP contribution in [0, 0.1) is 0 Å². The number of halogens is 1. The summed E-state index contributed by atoms with van der Waals surface area (Å²) >= 11 is 5.71. The molecule has 0 bridgehead atoms. The molecule has 0 fully saturated rings. The molecule has 1 aromatic carbocycles. The Balaban J connectivity index is 2.32. The molecule has 0 amide bonds. The molecule has 7 heteroatoms. The molecule has 6 nitrogen and oxygen atoms in total. The summed E-state index contributed by atoms with van der Waals surface area (Å²) in [6, 6.07) is 4.87. The molecule has 0 atom stereocenters. The van der Waals surface area contributed by atoms with Gasteiger partial charge in [0.1, 0.15) is 5.52 Å². The fraction of sp³-hybridized carbons (Fsp3) is 0. The van der Waals surface area contributed by atoms with Gasteiger partial charge in [0.2, 0.25) is 0 Å². The van der Waals surface area contributed by atoms with Crippen molar-refractivity contribution in [2.75, 3.05) is 0 Å². The molecule has 0 spiro atoms. The number of oxazole rings is 1. The Morgan fingerprint density at radius 2 is 2.29 bits per heavy atom. The molecule has 2 rings (SSSR count). The van der Waals surface area contributed by atoms with Crippen molar-refractivity contribution in [1.82, 2.24) is 4.98 Å². The van der Waals surface area contributed by atoms with Crippen LogP contribution < -0.4 is 4.89 Å². The number of benzene rings is 1. The summed E-state index contributed by atoms with van der Waals surface area (Å²) in [5, 5.41) is 15.3. The summed E-state index contributed by atoms with van der Waals surface area (Å²) in [5.74, 6) is 0. The zero-order chi connectivity index (χ0) is 9.97. The van der Waals surface area contributed by atoms with Crippen molar-refractivity contribution in [1.29, 1.82) is 0 Å². The lowest BCUT2D eigenvalue weighted by atomic mass is 10.3. The minimum Gasteiger partial charge on any atom is -0.407 e. The maximum Gasteiger partial charge on any atom is 0.431 e. The van der Waals surface area contributed by atoms with Gasteiger partial charge in [0.25, 0.3) is 0 Å². The van der Waals surface area contributed by atoms with Gasteiger partial charge in [-0.2, -0.15) is 4.98 Å². The van der Waals surface area contributed by atoms with E-state index in [2.05, 4.69) is 19.9 Å². The third-order valence-corrected chi connectivity index (χ3v) is 1.70. The maximum atomic E-state index is 7.81. The molecule has 0 radical (unpaired) electrons. The Hall–Kier alpha value is -1.34. The molecule has 0 saturated heterocycles. The zero-order valence-electron chi connectivity index (χ0n) is 6.64. The van der Waals surface area contributed by atoms with E-state index >= 15 is 0 Å². The lowest BCUT2D eigenvalue weighted by Gasteiger charge is -1.90. The van der Waals surface area contributed by atoms with Crippen LogP contribution in [0.2, 0.25) is 5.02 Å². The first kappa shape index (κ1) is 9.22. The van der Waals surface area contributed by atoms with Gasteiger partial charge in [-0.25, -0.2) is 10.1 Å².